The first-order valence-corrected chi connectivity index (χ1v) is 16.6. The highest BCUT2D eigenvalue weighted by Gasteiger charge is 2.20. The Balaban J connectivity index is 1.13. The number of hydrogen-bond donors (Lipinski definition) is 0. The molecule has 10 aromatic rings. The monoisotopic (exact) mass is 627 g/mol. The highest BCUT2D eigenvalue weighted by atomic mass is 16.3. The molecule has 0 amide bonds. The molecular weight excluding hydrogens is 599 g/mol. The van der Waals surface area contributed by atoms with Gasteiger partial charge in [0.05, 0.1) is 11.1 Å². The van der Waals surface area contributed by atoms with Gasteiger partial charge in [-0.1, -0.05) is 121 Å². The summed E-state index contributed by atoms with van der Waals surface area (Å²) in [5.41, 5.74) is 11.5. The van der Waals surface area contributed by atoms with Crippen molar-refractivity contribution in [3.63, 3.8) is 0 Å². The lowest BCUT2D eigenvalue weighted by Gasteiger charge is -2.26. The van der Waals surface area contributed by atoms with Crippen LogP contribution in [-0.4, -0.2) is 0 Å². The van der Waals surface area contributed by atoms with Crippen molar-refractivity contribution in [1.29, 1.82) is 0 Å². The van der Waals surface area contributed by atoms with Crippen LogP contribution in [0.4, 0.5) is 17.1 Å². The molecule has 10 rings (SSSR count). The minimum atomic E-state index is 0.870. The highest BCUT2D eigenvalue weighted by molar-refractivity contribution is 6.21. The van der Waals surface area contributed by atoms with E-state index < -0.39 is 0 Å². The molecule has 0 aliphatic carbocycles. The van der Waals surface area contributed by atoms with Crippen LogP contribution in [0, 0.1) is 0 Å². The van der Waals surface area contributed by atoms with Gasteiger partial charge in [0.15, 0.2) is 0 Å². The van der Waals surface area contributed by atoms with Crippen LogP contribution in [0.15, 0.2) is 185 Å². The maximum absolute atomic E-state index is 6.33. The van der Waals surface area contributed by atoms with Crippen molar-refractivity contribution in [3.8, 4) is 22.3 Å². The van der Waals surface area contributed by atoms with E-state index in [0.717, 1.165) is 66.5 Å². The molecule has 0 spiro atoms. The average molecular weight is 628 g/mol. The van der Waals surface area contributed by atoms with E-state index in [2.05, 4.69) is 157 Å². The molecule has 0 aliphatic heterocycles. The minimum absolute atomic E-state index is 0.870. The van der Waals surface area contributed by atoms with Gasteiger partial charge in [0.25, 0.3) is 0 Å². The Morgan fingerprint density at radius 1 is 0.306 bits per heavy atom. The lowest BCUT2D eigenvalue weighted by Crippen LogP contribution is -2.10. The molecule has 0 radical (unpaired) electrons. The quantitative estimate of drug-likeness (QED) is 0.190. The van der Waals surface area contributed by atoms with Gasteiger partial charge in [-0.15, -0.1) is 0 Å². The van der Waals surface area contributed by atoms with E-state index in [-0.39, 0.29) is 0 Å². The van der Waals surface area contributed by atoms with E-state index >= 15 is 0 Å². The van der Waals surface area contributed by atoms with E-state index in [1.54, 1.807) is 0 Å². The van der Waals surface area contributed by atoms with Crippen LogP contribution in [0.3, 0.4) is 0 Å². The zero-order valence-electron chi connectivity index (χ0n) is 26.5. The summed E-state index contributed by atoms with van der Waals surface area (Å²) in [4.78, 5) is 2.34. The third-order valence-corrected chi connectivity index (χ3v) is 9.69. The SMILES string of the molecule is c1ccc(-c2ccc(N(c3ccc(-c4cccc5c4ccc4oc6ccccc6c45)cc3)c3cccc4oc5ccccc5c34)cc2)cc1. The number of rotatable bonds is 5. The Morgan fingerprint density at radius 2 is 0.837 bits per heavy atom. The van der Waals surface area contributed by atoms with Crippen LogP contribution in [0.2, 0.25) is 0 Å². The predicted molar refractivity (Wildman–Crippen MR) is 204 cm³/mol. The largest absolute Gasteiger partial charge is 0.456 e. The average Bonchev–Trinajstić information content (AvgIpc) is 3.75. The van der Waals surface area contributed by atoms with Crippen LogP contribution >= 0.6 is 0 Å². The van der Waals surface area contributed by atoms with Gasteiger partial charge in [0.1, 0.15) is 22.3 Å². The lowest BCUT2D eigenvalue weighted by atomic mass is 9.95. The number of furan rings is 2. The summed E-state index contributed by atoms with van der Waals surface area (Å²) < 4.78 is 12.5. The summed E-state index contributed by atoms with van der Waals surface area (Å²) in [6.07, 6.45) is 0. The smallest absolute Gasteiger partial charge is 0.137 e. The number of para-hydroxylation sites is 2. The fourth-order valence-electron chi connectivity index (χ4n) is 7.43. The van der Waals surface area contributed by atoms with Crippen molar-refractivity contribution in [1.82, 2.24) is 0 Å². The molecule has 3 nitrogen and oxygen atoms in total. The van der Waals surface area contributed by atoms with E-state index in [4.69, 9.17) is 8.83 Å². The molecule has 230 valence electrons. The van der Waals surface area contributed by atoms with Gasteiger partial charge in [-0.25, -0.2) is 0 Å². The first-order valence-electron chi connectivity index (χ1n) is 16.6. The molecule has 8 aromatic carbocycles. The first-order chi connectivity index (χ1) is 24.3. The maximum atomic E-state index is 6.33. The molecule has 0 atom stereocenters. The Labute approximate surface area is 282 Å². The Hall–Kier alpha value is -6.58. The first kappa shape index (κ1) is 27.5. The van der Waals surface area contributed by atoms with Gasteiger partial charge in [0, 0.05) is 27.5 Å². The van der Waals surface area contributed by atoms with Crippen molar-refractivity contribution in [2.75, 3.05) is 4.90 Å². The van der Waals surface area contributed by atoms with E-state index in [9.17, 15) is 0 Å². The van der Waals surface area contributed by atoms with Crippen molar-refractivity contribution < 1.29 is 8.83 Å². The number of benzene rings is 8. The molecule has 0 saturated carbocycles. The maximum Gasteiger partial charge on any atom is 0.137 e. The summed E-state index contributed by atoms with van der Waals surface area (Å²) in [5, 5.41) is 6.91. The van der Waals surface area contributed by atoms with Crippen LogP contribution in [0.25, 0.3) is 76.9 Å². The highest BCUT2D eigenvalue weighted by Crippen LogP contribution is 2.44. The molecule has 0 aliphatic rings. The van der Waals surface area contributed by atoms with Gasteiger partial charge < -0.3 is 13.7 Å². The molecule has 2 aromatic heterocycles. The fourth-order valence-corrected chi connectivity index (χ4v) is 7.43. The summed E-state index contributed by atoms with van der Waals surface area (Å²) in [7, 11) is 0. The zero-order chi connectivity index (χ0) is 32.3. The summed E-state index contributed by atoms with van der Waals surface area (Å²) in [6, 6.07) is 62.0. The fraction of sp³-hybridized carbons (Fsp3) is 0. The third-order valence-electron chi connectivity index (χ3n) is 9.69. The molecule has 49 heavy (non-hydrogen) atoms. The second-order valence-electron chi connectivity index (χ2n) is 12.5. The molecule has 0 N–H and O–H groups in total. The van der Waals surface area contributed by atoms with Gasteiger partial charge in [-0.3, -0.25) is 0 Å². The number of fused-ring (bicyclic) bond motifs is 8. The van der Waals surface area contributed by atoms with Gasteiger partial charge in [-0.2, -0.15) is 0 Å². The van der Waals surface area contributed by atoms with Crippen LogP contribution < -0.4 is 4.90 Å². The molecule has 2 heterocycles. The van der Waals surface area contributed by atoms with Crippen molar-refractivity contribution in [3.05, 3.63) is 176 Å². The molecule has 0 fully saturated rings. The summed E-state index contributed by atoms with van der Waals surface area (Å²) >= 11 is 0. The topological polar surface area (TPSA) is 29.5 Å². The normalized spacial score (nSPS) is 11.7. The summed E-state index contributed by atoms with van der Waals surface area (Å²) in [5.74, 6) is 0. The van der Waals surface area contributed by atoms with E-state index in [1.165, 1.54) is 27.5 Å². The van der Waals surface area contributed by atoms with Crippen LogP contribution in [0.5, 0.6) is 0 Å². The van der Waals surface area contributed by atoms with Gasteiger partial charge in [0.2, 0.25) is 0 Å². The Bertz CT molecular complexity index is 2810. The summed E-state index contributed by atoms with van der Waals surface area (Å²) in [6.45, 7) is 0. The lowest BCUT2D eigenvalue weighted by molar-refractivity contribution is 0.668. The molecular formula is C46H29NO2. The van der Waals surface area contributed by atoms with E-state index in [0.29, 0.717) is 0 Å². The van der Waals surface area contributed by atoms with Gasteiger partial charge >= 0.3 is 0 Å². The molecule has 3 heteroatoms. The van der Waals surface area contributed by atoms with E-state index in [1.807, 2.05) is 24.3 Å². The van der Waals surface area contributed by atoms with Gasteiger partial charge in [-0.05, 0) is 87.6 Å². The van der Waals surface area contributed by atoms with Crippen LogP contribution in [-0.2, 0) is 0 Å². The second kappa shape index (κ2) is 11.0. The number of anilines is 3. The zero-order valence-corrected chi connectivity index (χ0v) is 26.5. The second-order valence-corrected chi connectivity index (χ2v) is 12.5. The molecule has 0 bridgehead atoms. The number of hydrogen-bond acceptors (Lipinski definition) is 3. The predicted octanol–water partition coefficient (Wildman–Crippen LogP) is 13.4. The minimum Gasteiger partial charge on any atom is -0.456 e. The standard InChI is InChI=1S/C46H29NO2/c1-2-10-30(11-3-1)31-20-24-33(25-21-31)47(40-16-9-19-43-46(40)39-13-5-7-18-42(39)48-43)34-26-22-32(23-27-34)35-14-8-15-37-36(35)28-29-44-45(37)38-12-4-6-17-41(38)49-44/h1-29H. The third kappa shape index (κ3) is 4.44. The molecule has 0 saturated heterocycles. The molecule has 0 unspecified atom stereocenters. The Kier molecular flexibility index (Phi) is 6.18. The number of nitrogens with zero attached hydrogens (tertiary/aromatic N) is 1. The Morgan fingerprint density at radius 3 is 1.55 bits per heavy atom. The van der Waals surface area contributed by atoms with Crippen LogP contribution in [0.1, 0.15) is 0 Å². The van der Waals surface area contributed by atoms with Crippen molar-refractivity contribution in [2.45, 2.75) is 0 Å². The van der Waals surface area contributed by atoms with Crippen molar-refractivity contribution >= 4 is 71.7 Å². The van der Waals surface area contributed by atoms with Crippen molar-refractivity contribution in [2.24, 2.45) is 0 Å².